The van der Waals surface area contributed by atoms with Gasteiger partial charge in [-0.25, -0.2) is 0 Å². The summed E-state index contributed by atoms with van der Waals surface area (Å²) in [6, 6.07) is 1.95. The Hall–Kier alpha value is -1.44. The topological polar surface area (TPSA) is 25.2 Å². The quantitative estimate of drug-likeness (QED) is 0.505. The number of pyridine rings is 1. The summed E-state index contributed by atoms with van der Waals surface area (Å²) in [5.74, 6) is 0. The Labute approximate surface area is 64.6 Å². The van der Waals surface area contributed by atoms with E-state index in [0.717, 1.165) is 21.8 Å². The zero-order chi connectivity index (χ0) is 7.84. The van der Waals surface area contributed by atoms with Gasteiger partial charge >= 0.3 is 0 Å². The van der Waals surface area contributed by atoms with Crippen LogP contribution in [0.1, 0.15) is 12.5 Å². The first kappa shape index (κ1) is 6.28. The van der Waals surface area contributed by atoms with Gasteiger partial charge in [0.25, 0.3) is 0 Å². The number of hydrogen-bond acceptors (Lipinski definition) is 2. The van der Waals surface area contributed by atoms with Crippen molar-refractivity contribution in [2.45, 2.75) is 6.92 Å². The molecule has 0 aromatic carbocycles. The molecule has 0 radical (unpaired) electrons. The van der Waals surface area contributed by atoms with Gasteiger partial charge in [-0.1, -0.05) is 6.58 Å². The van der Waals surface area contributed by atoms with Gasteiger partial charge in [0, 0.05) is 28.9 Å². The second-order valence-electron chi connectivity index (χ2n) is 2.57. The Bertz CT molecular complexity index is 429. The average molecular weight is 144 g/mol. The Balaban J connectivity index is 3.03. The van der Waals surface area contributed by atoms with Gasteiger partial charge in [0.15, 0.2) is 0 Å². The second kappa shape index (κ2) is 2.02. The molecular formula is C9H8N2. The maximum atomic E-state index is 4.18. The van der Waals surface area contributed by atoms with E-state index in [1.165, 1.54) is 0 Å². The molecule has 0 spiro atoms. The highest BCUT2D eigenvalue weighted by molar-refractivity contribution is 5.87. The van der Waals surface area contributed by atoms with Crippen molar-refractivity contribution in [3.05, 3.63) is 28.4 Å². The summed E-state index contributed by atoms with van der Waals surface area (Å²) in [5.41, 5.74) is 2.14. The third kappa shape index (κ3) is 0.792. The molecule has 1 aliphatic rings. The lowest BCUT2D eigenvalue weighted by molar-refractivity contribution is 1.22. The summed E-state index contributed by atoms with van der Waals surface area (Å²) in [7, 11) is 0. The first-order valence-corrected chi connectivity index (χ1v) is 3.48. The Morgan fingerprint density at radius 3 is 3.00 bits per heavy atom. The first-order chi connectivity index (χ1) is 5.29. The Morgan fingerprint density at radius 2 is 2.27 bits per heavy atom. The lowest BCUT2D eigenvalue weighted by atomic mass is 10.2. The molecule has 2 nitrogen and oxygen atoms in total. The van der Waals surface area contributed by atoms with Crippen molar-refractivity contribution < 1.29 is 0 Å². The predicted molar refractivity (Wildman–Crippen MR) is 45.7 cm³/mol. The molecule has 0 unspecified atom stereocenters. The average Bonchev–Trinajstić information content (AvgIpc) is 2.34. The van der Waals surface area contributed by atoms with Crippen molar-refractivity contribution in [3.63, 3.8) is 0 Å². The summed E-state index contributed by atoms with van der Waals surface area (Å²) >= 11 is 0. The number of hydrogen-bond donors (Lipinski definition) is 0. The van der Waals surface area contributed by atoms with Gasteiger partial charge in [0.1, 0.15) is 0 Å². The van der Waals surface area contributed by atoms with E-state index in [4.69, 9.17) is 0 Å². The van der Waals surface area contributed by atoms with Gasteiger partial charge in [-0.05, 0) is 13.0 Å². The summed E-state index contributed by atoms with van der Waals surface area (Å²) in [4.78, 5) is 8.27. The summed E-state index contributed by atoms with van der Waals surface area (Å²) < 4.78 is 0. The van der Waals surface area contributed by atoms with Crippen LogP contribution in [0.15, 0.2) is 17.3 Å². The summed E-state index contributed by atoms with van der Waals surface area (Å²) in [6.07, 6.45) is 3.60. The molecule has 2 heteroatoms. The molecule has 11 heavy (non-hydrogen) atoms. The van der Waals surface area contributed by atoms with Crippen molar-refractivity contribution in [3.8, 4) is 0 Å². The van der Waals surface area contributed by atoms with Crippen LogP contribution in [0, 0.1) is 0 Å². The minimum Gasteiger partial charge on any atom is -0.260 e. The molecule has 2 rings (SSSR count). The lowest BCUT2D eigenvalue weighted by Gasteiger charge is -1.89. The normalized spacial score (nSPS) is 13.7. The van der Waals surface area contributed by atoms with E-state index in [9.17, 15) is 0 Å². The van der Waals surface area contributed by atoms with Crippen LogP contribution in [0.4, 0.5) is 0 Å². The SMILES string of the molecule is C=c1nccc2c1=C(C)N=C2. The molecule has 1 aliphatic heterocycles. The van der Waals surface area contributed by atoms with E-state index in [2.05, 4.69) is 16.6 Å². The zero-order valence-corrected chi connectivity index (χ0v) is 6.33. The first-order valence-electron chi connectivity index (χ1n) is 3.48. The molecule has 0 N–H and O–H groups in total. The second-order valence-corrected chi connectivity index (χ2v) is 2.57. The van der Waals surface area contributed by atoms with Crippen LogP contribution in [-0.4, -0.2) is 11.2 Å². The highest BCUT2D eigenvalue weighted by Gasteiger charge is 2.02. The molecule has 0 saturated carbocycles. The fourth-order valence-corrected chi connectivity index (χ4v) is 1.28. The van der Waals surface area contributed by atoms with Gasteiger partial charge < -0.3 is 0 Å². The summed E-state index contributed by atoms with van der Waals surface area (Å²) in [6.45, 7) is 5.80. The minimum absolute atomic E-state index is 0.817. The van der Waals surface area contributed by atoms with E-state index in [1.54, 1.807) is 6.20 Å². The van der Waals surface area contributed by atoms with E-state index < -0.39 is 0 Å². The highest BCUT2D eigenvalue weighted by atomic mass is 14.8. The van der Waals surface area contributed by atoms with E-state index in [1.807, 2.05) is 19.2 Å². The van der Waals surface area contributed by atoms with E-state index in [0.29, 0.717) is 0 Å². The van der Waals surface area contributed by atoms with Crippen LogP contribution in [0.3, 0.4) is 0 Å². The van der Waals surface area contributed by atoms with Crippen LogP contribution >= 0.6 is 0 Å². The van der Waals surface area contributed by atoms with Gasteiger partial charge in [0.05, 0.1) is 5.35 Å². The fraction of sp³-hybridized carbons (Fsp3) is 0.111. The van der Waals surface area contributed by atoms with Gasteiger partial charge in [-0.15, -0.1) is 0 Å². The number of fused-ring (bicyclic) bond motifs is 1. The van der Waals surface area contributed by atoms with Gasteiger partial charge in [0.2, 0.25) is 0 Å². The Kier molecular flexibility index (Phi) is 1.15. The van der Waals surface area contributed by atoms with Crippen molar-refractivity contribution >= 4 is 18.5 Å². The molecular weight excluding hydrogens is 136 g/mol. The van der Waals surface area contributed by atoms with Crippen LogP contribution in [0.5, 0.6) is 0 Å². The molecule has 0 atom stereocenters. The standard InChI is InChI=1S/C9H8N2/c1-6-9-7(2)11-5-8(9)3-4-10-6/h3-5H,1H2,2H3. The third-order valence-corrected chi connectivity index (χ3v) is 1.82. The number of aliphatic imine (C=N–C) groups is 1. The molecule has 0 aliphatic carbocycles. The fourth-order valence-electron chi connectivity index (χ4n) is 1.28. The van der Waals surface area contributed by atoms with Crippen molar-refractivity contribution in [2.75, 3.05) is 0 Å². The molecule has 54 valence electrons. The minimum atomic E-state index is 0.817. The van der Waals surface area contributed by atoms with E-state index >= 15 is 0 Å². The van der Waals surface area contributed by atoms with Crippen molar-refractivity contribution in [1.82, 2.24) is 4.98 Å². The number of aromatic nitrogens is 1. The monoisotopic (exact) mass is 144 g/mol. The Morgan fingerprint density at radius 1 is 1.45 bits per heavy atom. The maximum Gasteiger partial charge on any atom is 0.0655 e. The smallest absolute Gasteiger partial charge is 0.0655 e. The van der Waals surface area contributed by atoms with E-state index in [-0.39, 0.29) is 0 Å². The van der Waals surface area contributed by atoms with Crippen LogP contribution in [-0.2, 0) is 0 Å². The molecule has 0 saturated heterocycles. The molecule has 1 aromatic rings. The maximum absolute atomic E-state index is 4.18. The summed E-state index contributed by atoms with van der Waals surface area (Å²) in [5, 5.41) is 1.91. The molecule has 0 fully saturated rings. The zero-order valence-electron chi connectivity index (χ0n) is 6.33. The van der Waals surface area contributed by atoms with Crippen LogP contribution < -0.4 is 10.6 Å². The van der Waals surface area contributed by atoms with Crippen molar-refractivity contribution in [2.24, 2.45) is 4.99 Å². The third-order valence-electron chi connectivity index (χ3n) is 1.82. The molecule has 0 amide bonds. The molecule has 0 bridgehead atoms. The predicted octanol–water partition coefficient (Wildman–Crippen LogP) is 0.0525. The highest BCUT2D eigenvalue weighted by Crippen LogP contribution is 1.99. The number of rotatable bonds is 0. The van der Waals surface area contributed by atoms with Gasteiger partial charge in [-0.2, -0.15) is 0 Å². The van der Waals surface area contributed by atoms with Crippen LogP contribution in [0.25, 0.3) is 12.3 Å². The van der Waals surface area contributed by atoms with Crippen molar-refractivity contribution in [1.29, 1.82) is 0 Å². The molecule has 1 aromatic heterocycles. The lowest BCUT2D eigenvalue weighted by Crippen LogP contribution is -2.29. The molecule has 2 heterocycles. The van der Waals surface area contributed by atoms with Gasteiger partial charge in [-0.3, -0.25) is 9.98 Å². The number of nitrogens with zero attached hydrogens (tertiary/aromatic N) is 2. The van der Waals surface area contributed by atoms with Crippen LogP contribution in [0.2, 0.25) is 0 Å². The largest absolute Gasteiger partial charge is 0.260 e.